The zero-order valence-corrected chi connectivity index (χ0v) is 13.2. The van der Waals surface area contributed by atoms with Crippen LogP contribution in [0.2, 0.25) is 0 Å². The lowest BCUT2D eigenvalue weighted by Crippen LogP contribution is -2.46. The van der Waals surface area contributed by atoms with Crippen molar-refractivity contribution in [2.24, 2.45) is 0 Å². The molecule has 6 heteroatoms. The molecule has 3 rings (SSSR count). The number of amides is 1. The maximum atomic E-state index is 13.0. The van der Waals surface area contributed by atoms with E-state index < -0.39 is 0 Å². The predicted octanol–water partition coefficient (Wildman–Crippen LogP) is 2.51. The number of allylic oxidation sites excluding steroid dienone is 1. The quantitative estimate of drug-likeness (QED) is 0.930. The minimum atomic E-state index is -0.257. The van der Waals surface area contributed by atoms with Crippen molar-refractivity contribution in [3.8, 4) is 0 Å². The van der Waals surface area contributed by atoms with E-state index in [0.29, 0.717) is 37.8 Å². The fourth-order valence-corrected chi connectivity index (χ4v) is 2.92. The first-order valence-electron chi connectivity index (χ1n) is 7.91. The summed E-state index contributed by atoms with van der Waals surface area (Å²) in [5.74, 6) is 0.495. The molecule has 1 amide bonds. The molecule has 1 fully saturated rings. The lowest BCUT2D eigenvalue weighted by molar-refractivity contribution is -0.133. The zero-order valence-electron chi connectivity index (χ0n) is 13.2. The first-order chi connectivity index (χ1) is 11.1. The number of anilines is 1. The number of ether oxygens (including phenoxy) is 2. The van der Waals surface area contributed by atoms with Crippen LogP contribution in [0.25, 0.3) is 0 Å². The van der Waals surface area contributed by atoms with Crippen molar-refractivity contribution in [3.05, 3.63) is 41.6 Å². The average Bonchev–Trinajstić information content (AvgIpc) is 2.57. The fraction of sp³-hybridized carbons (Fsp3) is 0.471. The van der Waals surface area contributed by atoms with Crippen LogP contribution in [-0.2, 0) is 14.3 Å². The summed E-state index contributed by atoms with van der Waals surface area (Å²) in [5.41, 5.74) is 0.860. The van der Waals surface area contributed by atoms with Crippen molar-refractivity contribution < 1.29 is 18.7 Å². The molecule has 23 heavy (non-hydrogen) atoms. The summed E-state index contributed by atoms with van der Waals surface area (Å²) in [6.07, 6.45) is 1.88. The first-order valence-corrected chi connectivity index (χ1v) is 7.91. The Kier molecular flexibility index (Phi) is 4.69. The Labute approximate surface area is 135 Å². The highest BCUT2D eigenvalue weighted by molar-refractivity contribution is 5.92. The summed E-state index contributed by atoms with van der Waals surface area (Å²) < 4.78 is 23.8. The van der Waals surface area contributed by atoms with Crippen LogP contribution in [0.4, 0.5) is 10.1 Å². The number of likely N-dealkylation sites (tertiary alicyclic amines) is 1. The molecule has 5 nitrogen and oxygen atoms in total. The molecule has 0 aromatic heterocycles. The van der Waals surface area contributed by atoms with Crippen molar-refractivity contribution in [3.63, 3.8) is 0 Å². The predicted molar refractivity (Wildman–Crippen MR) is 84.2 cm³/mol. The molecule has 2 aliphatic rings. The van der Waals surface area contributed by atoms with Crippen molar-refractivity contribution in [1.29, 1.82) is 0 Å². The number of carbonyl (C=O) groups excluding carboxylic acids is 1. The summed E-state index contributed by atoms with van der Waals surface area (Å²) in [6, 6.07) is 6.41. The van der Waals surface area contributed by atoms with E-state index in [-0.39, 0.29) is 17.8 Å². The van der Waals surface area contributed by atoms with Gasteiger partial charge in [0.05, 0.1) is 0 Å². The molecule has 0 saturated carbocycles. The molecule has 124 valence electrons. The fourth-order valence-electron chi connectivity index (χ4n) is 2.92. The Morgan fingerprint density at radius 3 is 2.74 bits per heavy atom. The molecule has 0 bridgehead atoms. The van der Waals surface area contributed by atoms with Gasteiger partial charge in [-0.15, -0.1) is 0 Å². The number of hydrogen-bond acceptors (Lipinski definition) is 4. The van der Waals surface area contributed by atoms with Gasteiger partial charge in [0.2, 0.25) is 5.76 Å². The third-order valence-corrected chi connectivity index (χ3v) is 4.09. The van der Waals surface area contributed by atoms with E-state index in [1.54, 1.807) is 24.0 Å². The van der Waals surface area contributed by atoms with Gasteiger partial charge in [-0.05, 0) is 44.0 Å². The van der Waals surface area contributed by atoms with Gasteiger partial charge in [-0.1, -0.05) is 0 Å². The number of rotatable bonds is 3. The molecular formula is C17H21FN2O3. The summed E-state index contributed by atoms with van der Waals surface area (Å²) >= 11 is 0. The second kappa shape index (κ2) is 6.89. The van der Waals surface area contributed by atoms with Gasteiger partial charge >= 0.3 is 0 Å². The van der Waals surface area contributed by atoms with Crippen LogP contribution < -0.4 is 5.32 Å². The van der Waals surface area contributed by atoms with Crippen molar-refractivity contribution >= 4 is 11.6 Å². The standard InChI is InChI=1S/C17H21FN2O3/c1-12-16(23-10-9-22-12)17(21)20-8-2-3-15(11-20)19-14-6-4-13(18)5-7-14/h4-7,15,19H,2-3,8-11H2,1H3. The van der Waals surface area contributed by atoms with E-state index in [1.807, 2.05) is 0 Å². The minimum Gasteiger partial charge on any atom is -0.491 e. The minimum absolute atomic E-state index is 0.118. The van der Waals surface area contributed by atoms with Gasteiger partial charge in [-0.25, -0.2) is 4.39 Å². The molecular weight excluding hydrogens is 299 g/mol. The van der Waals surface area contributed by atoms with Crippen LogP contribution in [0, 0.1) is 5.82 Å². The van der Waals surface area contributed by atoms with E-state index in [0.717, 1.165) is 18.5 Å². The maximum absolute atomic E-state index is 13.0. The van der Waals surface area contributed by atoms with Gasteiger partial charge in [0.25, 0.3) is 5.91 Å². The molecule has 1 atom stereocenters. The molecule has 0 aliphatic carbocycles. The topological polar surface area (TPSA) is 50.8 Å². The van der Waals surface area contributed by atoms with Crippen molar-refractivity contribution in [2.75, 3.05) is 31.6 Å². The van der Waals surface area contributed by atoms with Crippen LogP contribution in [0.1, 0.15) is 19.8 Å². The van der Waals surface area contributed by atoms with Crippen LogP contribution in [-0.4, -0.2) is 43.2 Å². The first kappa shape index (κ1) is 15.6. The Bertz CT molecular complexity index is 600. The molecule has 1 unspecified atom stereocenters. The number of halogens is 1. The van der Waals surface area contributed by atoms with Crippen molar-refractivity contribution in [1.82, 2.24) is 4.90 Å². The Morgan fingerprint density at radius 1 is 1.26 bits per heavy atom. The Morgan fingerprint density at radius 2 is 2.00 bits per heavy atom. The van der Waals surface area contributed by atoms with E-state index in [9.17, 15) is 9.18 Å². The normalized spacial score (nSPS) is 21.5. The van der Waals surface area contributed by atoms with Crippen LogP contribution >= 0.6 is 0 Å². The smallest absolute Gasteiger partial charge is 0.292 e. The summed E-state index contributed by atoms with van der Waals surface area (Å²) in [5, 5.41) is 3.36. The average molecular weight is 320 g/mol. The summed E-state index contributed by atoms with van der Waals surface area (Å²) in [4.78, 5) is 14.4. The monoisotopic (exact) mass is 320 g/mol. The highest BCUT2D eigenvalue weighted by Crippen LogP contribution is 2.21. The van der Waals surface area contributed by atoms with Gasteiger partial charge in [-0.2, -0.15) is 0 Å². The summed E-state index contributed by atoms with van der Waals surface area (Å²) in [6.45, 7) is 3.95. The number of nitrogens with one attached hydrogen (secondary N) is 1. The molecule has 1 aromatic carbocycles. The number of carbonyl (C=O) groups is 1. The molecule has 2 heterocycles. The largest absolute Gasteiger partial charge is 0.491 e. The number of nitrogens with zero attached hydrogens (tertiary/aromatic N) is 1. The van der Waals surface area contributed by atoms with Crippen LogP contribution in [0.3, 0.4) is 0 Å². The Hall–Kier alpha value is -2.24. The number of benzene rings is 1. The van der Waals surface area contributed by atoms with E-state index >= 15 is 0 Å². The van der Waals surface area contributed by atoms with Gasteiger partial charge in [0.1, 0.15) is 24.8 Å². The van der Waals surface area contributed by atoms with E-state index in [4.69, 9.17) is 9.47 Å². The third-order valence-electron chi connectivity index (χ3n) is 4.09. The molecule has 2 aliphatic heterocycles. The molecule has 1 N–H and O–H groups in total. The van der Waals surface area contributed by atoms with Gasteiger partial charge in [0.15, 0.2) is 0 Å². The number of piperidine rings is 1. The van der Waals surface area contributed by atoms with E-state index in [1.165, 1.54) is 12.1 Å². The lowest BCUT2D eigenvalue weighted by Gasteiger charge is -2.34. The van der Waals surface area contributed by atoms with Crippen molar-refractivity contribution in [2.45, 2.75) is 25.8 Å². The van der Waals surface area contributed by atoms with Crippen LogP contribution in [0.5, 0.6) is 0 Å². The SMILES string of the molecule is CC1=C(C(=O)N2CCCC(Nc3ccc(F)cc3)C2)OCCO1. The highest BCUT2D eigenvalue weighted by atomic mass is 19.1. The lowest BCUT2D eigenvalue weighted by atomic mass is 10.0. The molecule has 1 saturated heterocycles. The molecule has 0 radical (unpaired) electrons. The second-order valence-electron chi connectivity index (χ2n) is 5.82. The van der Waals surface area contributed by atoms with Gasteiger partial charge < -0.3 is 19.7 Å². The van der Waals surface area contributed by atoms with Gasteiger partial charge in [0, 0.05) is 24.8 Å². The van der Waals surface area contributed by atoms with Gasteiger partial charge in [-0.3, -0.25) is 4.79 Å². The van der Waals surface area contributed by atoms with Crippen LogP contribution in [0.15, 0.2) is 35.8 Å². The maximum Gasteiger partial charge on any atom is 0.292 e. The molecule has 1 aromatic rings. The Balaban J connectivity index is 1.63. The number of hydrogen-bond donors (Lipinski definition) is 1. The van der Waals surface area contributed by atoms with E-state index in [2.05, 4.69) is 5.32 Å². The zero-order chi connectivity index (χ0) is 16.2. The second-order valence-corrected chi connectivity index (χ2v) is 5.82. The highest BCUT2D eigenvalue weighted by Gasteiger charge is 2.29. The molecule has 0 spiro atoms. The summed E-state index contributed by atoms with van der Waals surface area (Å²) in [7, 11) is 0. The third kappa shape index (κ3) is 3.75.